The summed E-state index contributed by atoms with van der Waals surface area (Å²) in [4.78, 5) is 0. The molecule has 1 saturated heterocycles. The summed E-state index contributed by atoms with van der Waals surface area (Å²) in [5, 5.41) is 3.63. The van der Waals surface area contributed by atoms with Crippen LogP contribution in [0.15, 0.2) is 103 Å². The number of benzene rings is 4. The summed E-state index contributed by atoms with van der Waals surface area (Å²) < 4.78 is 17.4. The Morgan fingerprint density at radius 1 is 0.590 bits per heavy atom. The van der Waals surface area contributed by atoms with Crippen molar-refractivity contribution in [2.24, 2.45) is 0 Å². The molecule has 0 radical (unpaired) electrons. The van der Waals surface area contributed by atoms with Crippen molar-refractivity contribution in [2.45, 2.75) is 52.7 Å². The van der Waals surface area contributed by atoms with Crippen molar-refractivity contribution >= 4 is 45.3 Å². The molecule has 0 atom stereocenters. The smallest absolute Gasteiger partial charge is 0.399 e. The van der Waals surface area contributed by atoms with Gasteiger partial charge in [0.1, 0.15) is 0 Å². The van der Waals surface area contributed by atoms with Gasteiger partial charge >= 0.3 is 7.12 Å². The molecule has 1 aliphatic heterocycles. The zero-order valence-corrected chi connectivity index (χ0v) is 23.6. The molecule has 7 rings (SSSR count). The fraction of sp³-hybridized carbons (Fsp3) is 0.235. The van der Waals surface area contributed by atoms with E-state index in [1.54, 1.807) is 0 Å². The summed E-state index contributed by atoms with van der Waals surface area (Å²) in [5.41, 5.74) is 6.11. The van der Waals surface area contributed by atoms with Crippen LogP contribution in [0.4, 0.5) is 0 Å². The van der Waals surface area contributed by atoms with Gasteiger partial charge in [-0.3, -0.25) is 0 Å². The standard InChI is InChI=1S/C32H29BN2O2.C2H6/c1-31(2)32(3,4)37-33(36-31)23-15-16-28-27(20-23)26-19-22-17-18-34(24-11-7-5-8-12-24)29(22)21-30(26)35(28)25-13-9-6-10-14-25;1-2/h5-21H,1-4H3;1-2H3. The number of aromatic nitrogens is 2. The van der Waals surface area contributed by atoms with E-state index in [-0.39, 0.29) is 11.2 Å². The first-order valence-corrected chi connectivity index (χ1v) is 13.9. The molecule has 6 aromatic rings. The quantitative estimate of drug-likeness (QED) is 0.224. The Balaban J connectivity index is 0.00000135. The Morgan fingerprint density at radius 3 is 1.82 bits per heavy atom. The molecule has 2 aromatic heterocycles. The van der Waals surface area contributed by atoms with E-state index in [0.29, 0.717) is 0 Å². The maximum atomic E-state index is 6.39. The highest BCUT2D eigenvalue weighted by Gasteiger charge is 2.51. The minimum Gasteiger partial charge on any atom is -0.399 e. The summed E-state index contributed by atoms with van der Waals surface area (Å²) in [6.45, 7) is 12.4. The number of nitrogens with zero attached hydrogens (tertiary/aromatic N) is 2. The first-order chi connectivity index (χ1) is 18.8. The van der Waals surface area contributed by atoms with Crippen LogP contribution >= 0.6 is 0 Å². The molecule has 196 valence electrons. The molecule has 4 aromatic carbocycles. The number of hydrogen-bond donors (Lipinski definition) is 0. The molecule has 3 heterocycles. The number of rotatable bonds is 3. The zero-order chi connectivity index (χ0) is 27.4. The van der Waals surface area contributed by atoms with Gasteiger partial charge in [-0.15, -0.1) is 0 Å². The third-order valence-electron chi connectivity index (χ3n) is 8.17. The molecule has 0 bridgehead atoms. The van der Waals surface area contributed by atoms with Gasteiger partial charge in [-0.2, -0.15) is 0 Å². The highest BCUT2D eigenvalue weighted by molar-refractivity contribution is 6.62. The van der Waals surface area contributed by atoms with Crippen LogP contribution in [0.1, 0.15) is 41.5 Å². The summed E-state index contributed by atoms with van der Waals surface area (Å²) in [7, 11) is -0.396. The number of para-hydroxylation sites is 2. The van der Waals surface area contributed by atoms with Crippen LogP contribution in [0.25, 0.3) is 44.1 Å². The SMILES string of the molecule is CC.CC1(C)OB(c2ccc3c(c2)c2cc4ccn(-c5ccccc5)c4cc2n3-c2ccccc2)OC1(C)C. The molecular formula is C34H35BN2O2. The third-order valence-corrected chi connectivity index (χ3v) is 8.17. The van der Waals surface area contributed by atoms with E-state index in [0.717, 1.165) is 16.8 Å². The van der Waals surface area contributed by atoms with Crippen LogP contribution in [0.3, 0.4) is 0 Å². The van der Waals surface area contributed by atoms with Gasteiger partial charge in [0.15, 0.2) is 0 Å². The summed E-state index contributed by atoms with van der Waals surface area (Å²) in [5.74, 6) is 0. The fourth-order valence-electron chi connectivity index (χ4n) is 5.46. The van der Waals surface area contributed by atoms with Crippen LogP contribution in [0, 0.1) is 0 Å². The van der Waals surface area contributed by atoms with E-state index in [9.17, 15) is 0 Å². The van der Waals surface area contributed by atoms with E-state index in [2.05, 4.69) is 140 Å². The van der Waals surface area contributed by atoms with Crippen molar-refractivity contribution in [1.29, 1.82) is 0 Å². The van der Waals surface area contributed by atoms with Crippen molar-refractivity contribution in [3.63, 3.8) is 0 Å². The van der Waals surface area contributed by atoms with Crippen molar-refractivity contribution in [3.8, 4) is 11.4 Å². The molecule has 1 fully saturated rings. The Bertz CT molecular complexity index is 1770. The highest BCUT2D eigenvalue weighted by Crippen LogP contribution is 2.38. The maximum absolute atomic E-state index is 6.39. The van der Waals surface area contributed by atoms with Crippen LogP contribution < -0.4 is 5.46 Å². The molecule has 0 aliphatic carbocycles. The Morgan fingerprint density at radius 2 is 1.18 bits per heavy atom. The van der Waals surface area contributed by atoms with Crippen LogP contribution in [-0.4, -0.2) is 27.5 Å². The van der Waals surface area contributed by atoms with Gasteiger partial charge in [0.05, 0.1) is 27.8 Å². The lowest BCUT2D eigenvalue weighted by Gasteiger charge is -2.32. The van der Waals surface area contributed by atoms with E-state index >= 15 is 0 Å². The molecule has 5 heteroatoms. The Hall–Kier alpha value is -3.80. The second-order valence-electron chi connectivity index (χ2n) is 11.0. The topological polar surface area (TPSA) is 28.3 Å². The second kappa shape index (κ2) is 9.44. The molecule has 4 nitrogen and oxygen atoms in total. The second-order valence-corrected chi connectivity index (χ2v) is 11.0. The van der Waals surface area contributed by atoms with Gasteiger partial charge in [-0.05, 0) is 81.7 Å². The maximum Gasteiger partial charge on any atom is 0.494 e. The van der Waals surface area contributed by atoms with Gasteiger partial charge < -0.3 is 18.4 Å². The molecule has 0 amide bonds. The molecule has 0 unspecified atom stereocenters. The zero-order valence-electron chi connectivity index (χ0n) is 23.6. The lowest BCUT2D eigenvalue weighted by atomic mass is 9.78. The fourth-order valence-corrected chi connectivity index (χ4v) is 5.46. The van der Waals surface area contributed by atoms with Gasteiger partial charge in [-0.25, -0.2) is 0 Å². The van der Waals surface area contributed by atoms with Crippen molar-refractivity contribution in [2.75, 3.05) is 0 Å². The summed E-state index contributed by atoms with van der Waals surface area (Å²) in [6, 6.07) is 34.5. The summed E-state index contributed by atoms with van der Waals surface area (Å²) >= 11 is 0. The molecular weight excluding hydrogens is 479 g/mol. The largest absolute Gasteiger partial charge is 0.494 e. The van der Waals surface area contributed by atoms with E-state index in [1.165, 1.54) is 32.7 Å². The van der Waals surface area contributed by atoms with Crippen molar-refractivity contribution in [3.05, 3.63) is 103 Å². The molecule has 0 N–H and O–H groups in total. The van der Waals surface area contributed by atoms with Gasteiger partial charge in [-0.1, -0.05) is 62.4 Å². The Kier molecular flexibility index (Phi) is 6.17. The predicted molar refractivity (Wildman–Crippen MR) is 165 cm³/mol. The van der Waals surface area contributed by atoms with E-state index < -0.39 is 7.12 Å². The number of fused-ring (bicyclic) bond motifs is 4. The normalized spacial score (nSPS) is 16.1. The van der Waals surface area contributed by atoms with Crippen molar-refractivity contribution < 1.29 is 9.31 Å². The minimum atomic E-state index is -0.396. The molecule has 39 heavy (non-hydrogen) atoms. The van der Waals surface area contributed by atoms with E-state index in [4.69, 9.17) is 9.31 Å². The van der Waals surface area contributed by atoms with Crippen molar-refractivity contribution in [1.82, 2.24) is 9.13 Å². The third kappa shape index (κ3) is 4.08. The van der Waals surface area contributed by atoms with E-state index in [1.807, 2.05) is 13.8 Å². The van der Waals surface area contributed by atoms with Crippen LogP contribution in [-0.2, 0) is 9.31 Å². The lowest BCUT2D eigenvalue weighted by molar-refractivity contribution is 0.00578. The molecule has 0 saturated carbocycles. The van der Waals surface area contributed by atoms with Gasteiger partial charge in [0, 0.05) is 33.7 Å². The minimum absolute atomic E-state index is 0.378. The van der Waals surface area contributed by atoms with Crippen LogP contribution in [0.5, 0.6) is 0 Å². The molecule has 1 aliphatic rings. The Labute approximate surface area is 230 Å². The first kappa shape index (κ1) is 25.5. The van der Waals surface area contributed by atoms with Gasteiger partial charge in [0.25, 0.3) is 0 Å². The first-order valence-electron chi connectivity index (χ1n) is 13.9. The summed E-state index contributed by atoms with van der Waals surface area (Å²) in [6.07, 6.45) is 2.16. The van der Waals surface area contributed by atoms with Gasteiger partial charge in [0.2, 0.25) is 0 Å². The molecule has 0 spiro atoms. The number of hydrogen-bond acceptors (Lipinski definition) is 2. The predicted octanol–water partition coefficient (Wildman–Crippen LogP) is 8.05. The lowest BCUT2D eigenvalue weighted by Crippen LogP contribution is -2.41. The average molecular weight is 514 g/mol. The average Bonchev–Trinajstić information content (AvgIpc) is 3.58. The van der Waals surface area contributed by atoms with Crippen LogP contribution in [0.2, 0.25) is 0 Å². The highest BCUT2D eigenvalue weighted by atomic mass is 16.7. The monoisotopic (exact) mass is 514 g/mol.